The van der Waals surface area contributed by atoms with Crippen molar-refractivity contribution in [2.24, 2.45) is 5.73 Å². The van der Waals surface area contributed by atoms with Gasteiger partial charge in [-0.3, -0.25) is 19.0 Å². The van der Waals surface area contributed by atoms with Gasteiger partial charge in [0, 0.05) is 61.5 Å². The molecule has 0 bridgehead atoms. The minimum Gasteiger partial charge on any atom is -0.469 e. The van der Waals surface area contributed by atoms with Crippen LogP contribution in [0.2, 0.25) is 0 Å². The van der Waals surface area contributed by atoms with E-state index in [1.807, 2.05) is 30.7 Å². The molecular weight excluding hydrogens is 1100 g/mol. The van der Waals surface area contributed by atoms with Gasteiger partial charge in [-0.25, -0.2) is 24.4 Å². The fourth-order valence-electron chi connectivity index (χ4n) is 7.26. The number of rotatable bonds is 22. The van der Waals surface area contributed by atoms with Gasteiger partial charge in [-0.1, -0.05) is 37.1 Å². The van der Waals surface area contributed by atoms with Crippen LogP contribution in [-0.2, 0) is 46.4 Å². The number of unbranched alkanes of at least 4 members (excludes halogenated alkanes) is 6. The number of amides is 3. The van der Waals surface area contributed by atoms with E-state index in [1.54, 1.807) is 79.4 Å². The third-order valence-corrected chi connectivity index (χ3v) is 11.9. The van der Waals surface area contributed by atoms with E-state index < -0.39 is 35.1 Å². The van der Waals surface area contributed by atoms with E-state index in [2.05, 4.69) is 69.1 Å². The fourth-order valence-corrected chi connectivity index (χ4v) is 8.40. The minimum absolute atomic E-state index is 0.00786. The van der Waals surface area contributed by atoms with Crippen LogP contribution in [0.3, 0.4) is 0 Å². The van der Waals surface area contributed by atoms with Crippen molar-refractivity contribution in [3.05, 3.63) is 44.9 Å². The number of ether oxygens (including phenoxy) is 5. The van der Waals surface area contributed by atoms with Crippen LogP contribution in [0.4, 0.5) is 26.0 Å². The normalized spacial score (nSPS) is 12.9. The highest BCUT2D eigenvalue weighted by Crippen LogP contribution is 2.36. The maximum absolute atomic E-state index is 13.5. The van der Waals surface area contributed by atoms with Gasteiger partial charge in [0.2, 0.25) is 0 Å². The summed E-state index contributed by atoms with van der Waals surface area (Å²) in [4.78, 5) is 71.6. The quantitative estimate of drug-likeness (QED) is 0.0375. The zero-order chi connectivity index (χ0) is 56.3. The number of hydrogen-bond acceptors (Lipinski definition) is 16. The van der Waals surface area contributed by atoms with Gasteiger partial charge in [0.05, 0.1) is 36.0 Å². The molecule has 0 radical (unpaired) electrons. The number of hydrogen-bond donors (Lipinski definition) is 3. The number of pyridine rings is 2. The Morgan fingerprint density at radius 2 is 1.11 bits per heavy atom. The predicted molar refractivity (Wildman–Crippen MR) is 300 cm³/mol. The number of anilines is 2. The molecule has 3 amide bonds. The summed E-state index contributed by atoms with van der Waals surface area (Å²) in [7, 11) is 2.80. The fraction of sp³-hybridized carbons (Fsp3) is 0.604. The highest BCUT2D eigenvalue weighted by molar-refractivity contribution is 9.10. The molecule has 2 atom stereocenters. The number of aryl methyl sites for hydroxylation is 2. The zero-order valence-corrected chi connectivity index (χ0v) is 49.3. The van der Waals surface area contributed by atoms with Gasteiger partial charge >= 0.3 is 30.2 Å². The molecule has 20 nitrogen and oxygen atoms in total. The minimum atomic E-state index is -0.948. The van der Waals surface area contributed by atoms with Crippen LogP contribution in [0.5, 0.6) is 0 Å². The number of allylic oxidation sites excluding steroid dienone is 2. The third-order valence-electron chi connectivity index (χ3n) is 10.8. The lowest BCUT2D eigenvalue weighted by molar-refractivity contribution is -0.141. The first-order valence-electron chi connectivity index (χ1n) is 25.4. The number of carbonyl (C=O) groups excluding carboxylic acids is 5. The van der Waals surface area contributed by atoms with Crippen molar-refractivity contribution in [2.75, 3.05) is 24.9 Å². The molecule has 4 aromatic rings. The Morgan fingerprint density at radius 3 is 1.56 bits per heavy atom. The first-order valence-corrected chi connectivity index (χ1v) is 27.0. The summed E-state index contributed by atoms with van der Waals surface area (Å²) < 4.78 is 30.7. The number of esters is 2. The molecule has 4 aromatic heterocycles. The summed E-state index contributed by atoms with van der Waals surface area (Å²) in [5, 5.41) is 13.3. The lowest BCUT2D eigenvalue weighted by Crippen LogP contribution is -2.44. The molecule has 0 aliphatic rings. The molecule has 0 saturated heterocycles. The zero-order valence-electron chi connectivity index (χ0n) is 46.1. The SMILES string of the molecule is COC(=O)CCCCC/C=C/c1cnc(N(C(=O)OC(C)(C)C)C(=O)OC(C)(C)C)c2c(Br)nn(CC[C@@H](C)NC(=O)OC(C)(C)C)c12.COC(=O)CCCCC/C=C/c1cnc(N)c2c(Br)nn(CC[C@@H](C)N)c12. The van der Waals surface area contributed by atoms with E-state index in [1.165, 1.54) is 14.2 Å². The number of halogens is 2. The van der Waals surface area contributed by atoms with Crippen LogP contribution < -0.4 is 21.7 Å². The molecule has 416 valence electrons. The van der Waals surface area contributed by atoms with Crippen molar-refractivity contribution >= 4 is 108 Å². The first-order chi connectivity index (χ1) is 35.0. The molecule has 75 heavy (non-hydrogen) atoms. The Morgan fingerprint density at radius 1 is 0.667 bits per heavy atom. The number of nitrogens with two attached hydrogens (primary N) is 2. The summed E-state index contributed by atoms with van der Waals surface area (Å²) in [5.41, 5.74) is 12.8. The van der Waals surface area contributed by atoms with Gasteiger partial charge in [0.25, 0.3) is 0 Å². The number of fused-ring (bicyclic) bond motifs is 2. The number of methoxy groups -OCH3 is 2. The van der Waals surface area contributed by atoms with E-state index >= 15 is 0 Å². The van der Waals surface area contributed by atoms with Crippen molar-refractivity contribution < 1.29 is 47.7 Å². The molecule has 5 N–H and O–H groups in total. The van der Waals surface area contributed by atoms with Crippen LogP contribution in [0.1, 0.15) is 164 Å². The predicted octanol–water partition coefficient (Wildman–Crippen LogP) is 12.0. The van der Waals surface area contributed by atoms with Gasteiger partial charge in [0.15, 0.2) is 5.82 Å². The average Bonchev–Trinajstić information content (AvgIpc) is 3.82. The van der Waals surface area contributed by atoms with Crippen LogP contribution in [-0.4, -0.2) is 103 Å². The smallest absolute Gasteiger partial charge is 0.425 e. The lowest BCUT2D eigenvalue weighted by Gasteiger charge is -2.28. The summed E-state index contributed by atoms with van der Waals surface area (Å²) in [6.45, 7) is 20.5. The topological polar surface area (TPSA) is 260 Å². The molecule has 4 heterocycles. The van der Waals surface area contributed by atoms with Crippen molar-refractivity contribution in [1.29, 1.82) is 0 Å². The van der Waals surface area contributed by atoms with Crippen molar-refractivity contribution in [1.82, 2.24) is 34.8 Å². The van der Waals surface area contributed by atoms with Crippen LogP contribution >= 0.6 is 31.9 Å². The summed E-state index contributed by atoms with van der Waals surface area (Å²) in [5.74, 6) is 0.0854. The highest BCUT2D eigenvalue weighted by atomic mass is 79.9. The van der Waals surface area contributed by atoms with Crippen molar-refractivity contribution in [3.8, 4) is 0 Å². The Bertz CT molecular complexity index is 2580. The molecule has 0 saturated carbocycles. The number of aromatic nitrogens is 6. The van der Waals surface area contributed by atoms with E-state index in [-0.39, 0.29) is 29.8 Å². The molecule has 0 aliphatic heterocycles. The molecule has 0 aliphatic carbocycles. The van der Waals surface area contributed by atoms with Crippen molar-refractivity contribution in [2.45, 2.75) is 195 Å². The standard InChI is InChI=1S/C34H52BrN5O8.C19H28BrN5O2/c1-22(37-29(42)46-32(2,3)4)19-20-39-26-23(17-15-13-12-14-16-18-24(41)45-11)21-36-28(25(26)27(35)38-39)40(30(43)47-33(5,6)7)31(44)48-34(8,9)10;1-13(21)10-11-25-17-14(12-23-19(22)16(17)18(20)24-25)8-6-4-3-5-7-9-15(26)27-2/h15,17,21-22H,12-14,16,18-20H2,1-11H3,(H,37,42);6,8,12-13H,3-5,7,9-11,21H2,1-2H3,(H2,22,23)/b17-15+;8-6+/t22-;13-/m11/s1. The monoisotopic (exact) mass is 1170 g/mol. The van der Waals surface area contributed by atoms with Gasteiger partial charge in [0.1, 0.15) is 31.8 Å². The first kappa shape index (κ1) is 63.7. The van der Waals surface area contributed by atoms with Crippen LogP contribution in [0.15, 0.2) is 33.8 Å². The summed E-state index contributed by atoms with van der Waals surface area (Å²) in [6, 6.07) is -0.158. The molecule has 4 rings (SSSR count). The van der Waals surface area contributed by atoms with Crippen LogP contribution in [0, 0.1) is 0 Å². The molecule has 0 unspecified atom stereocenters. The number of carbonyl (C=O) groups is 5. The molecule has 22 heteroatoms. The van der Waals surface area contributed by atoms with Gasteiger partial charge in [-0.2, -0.15) is 15.1 Å². The van der Waals surface area contributed by atoms with Crippen LogP contribution in [0.25, 0.3) is 34.0 Å². The number of alkyl carbamates (subject to hydrolysis) is 1. The van der Waals surface area contributed by atoms with E-state index in [0.29, 0.717) is 57.3 Å². The number of nitrogen functional groups attached to an aromatic ring is 1. The second kappa shape index (κ2) is 29.6. The number of imide groups is 1. The Labute approximate surface area is 458 Å². The molecular formula is C53H80Br2N10O10. The molecule has 0 fully saturated rings. The number of nitrogens with zero attached hydrogens (tertiary/aromatic N) is 7. The van der Waals surface area contributed by atoms with Gasteiger partial charge in [-0.05, 0) is 159 Å². The maximum Gasteiger partial charge on any atom is 0.425 e. The number of nitrogens with one attached hydrogen (secondary N) is 1. The Balaban J connectivity index is 0.000000462. The second-order valence-corrected chi connectivity index (χ2v) is 22.7. The van der Waals surface area contributed by atoms with E-state index in [9.17, 15) is 24.0 Å². The third kappa shape index (κ3) is 21.9. The van der Waals surface area contributed by atoms with E-state index in [0.717, 1.165) is 85.7 Å². The molecule has 0 aromatic carbocycles. The highest BCUT2D eigenvalue weighted by Gasteiger charge is 2.36. The summed E-state index contributed by atoms with van der Waals surface area (Å²) >= 11 is 7.04. The largest absolute Gasteiger partial charge is 0.469 e. The lowest BCUT2D eigenvalue weighted by atomic mass is 10.1. The Kier molecular flexibility index (Phi) is 25.2. The van der Waals surface area contributed by atoms with Gasteiger partial charge < -0.3 is 40.5 Å². The molecule has 0 spiro atoms. The summed E-state index contributed by atoms with van der Waals surface area (Å²) in [6.07, 6.45) is 18.2. The Hall–Kier alpha value is -5.61. The van der Waals surface area contributed by atoms with Gasteiger partial charge in [-0.15, -0.1) is 0 Å². The average molecular weight is 1180 g/mol. The van der Waals surface area contributed by atoms with E-state index in [4.69, 9.17) is 35.5 Å². The second-order valence-electron chi connectivity index (χ2n) is 21.2. The maximum atomic E-state index is 13.5. The van der Waals surface area contributed by atoms with Crippen molar-refractivity contribution in [3.63, 3.8) is 0 Å².